The van der Waals surface area contributed by atoms with Crippen molar-refractivity contribution in [2.45, 2.75) is 51.5 Å². The van der Waals surface area contributed by atoms with Crippen LogP contribution in [0.25, 0.3) is 0 Å². The van der Waals surface area contributed by atoms with E-state index < -0.39 is 0 Å². The average Bonchev–Trinajstić information content (AvgIpc) is 3.10. The molecule has 25 heavy (non-hydrogen) atoms. The number of carbonyl (C=O) groups is 1. The number of phenols is 1. The standard InChI is InChI=1S/C18H25N5O2/c24-16-6-4-15(5-7-16)8-11-19-17(25)12-18(9-2-1-3-10-18)13-23-14-20-21-22-23/h4-7,14,24H,1-3,8-13H2,(H,19,25). The van der Waals surface area contributed by atoms with Crippen LogP contribution in [0.2, 0.25) is 0 Å². The molecule has 2 N–H and O–H groups in total. The van der Waals surface area contributed by atoms with Crippen LogP contribution >= 0.6 is 0 Å². The van der Waals surface area contributed by atoms with Gasteiger partial charge in [0, 0.05) is 13.0 Å². The zero-order chi connectivity index (χ0) is 17.5. The highest BCUT2D eigenvalue weighted by Gasteiger charge is 2.35. The van der Waals surface area contributed by atoms with Crippen molar-refractivity contribution in [3.8, 4) is 5.75 Å². The Balaban J connectivity index is 1.52. The van der Waals surface area contributed by atoms with Gasteiger partial charge in [0.15, 0.2) is 0 Å². The molecule has 3 rings (SSSR count). The van der Waals surface area contributed by atoms with E-state index in [4.69, 9.17) is 0 Å². The Morgan fingerprint density at radius 1 is 1.20 bits per heavy atom. The summed E-state index contributed by atoms with van der Waals surface area (Å²) in [5.74, 6) is 0.350. The fourth-order valence-electron chi connectivity index (χ4n) is 3.70. The third-order valence-corrected chi connectivity index (χ3v) is 5.01. The summed E-state index contributed by atoms with van der Waals surface area (Å²) in [6.07, 6.45) is 8.52. The molecule has 1 aromatic carbocycles. The van der Waals surface area contributed by atoms with Gasteiger partial charge in [0.05, 0.1) is 6.54 Å². The van der Waals surface area contributed by atoms with Crippen molar-refractivity contribution in [1.29, 1.82) is 0 Å². The Morgan fingerprint density at radius 2 is 1.96 bits per heavy atom. The molecule has 7 nitrogen and oxygen atoms in total. The third kappa shape index (κ3) is 5.01. The van der Waals surface area contributed by atoms with Crippen molar-refractivity contribution < 1.29 is 9.90 Å². The number of nitrogens with one attached hydrogen (secondary N) is 1. The van der Waals surface area contributed by atoms with Crippen LogP contribution in [0.1, 0.15) is 44.1 Å². The van der Waals surface area contributed by atoms with Crippen LogP contribution in [-0.2, 0) is 17.8 Å². The lowest BCUT2D eigenvalue weighted by Crippen LogP contribution is -2.37. The van der Waals surface area contributed by atoms with Gasteiger partial charge in [0.1, 0.15) is 12.1 Å². The van der Waals surface area contributed by atoms with Gasteiger partial charge >= 0.3 is 0 Å². The van der Waals surface area contributed by atoms with Crippen LogP contribution < -0.4 is 5.32 Å². The van der Waals surface area contributed by atoms with Gasteiger partial charge in [0.2, 0.25) is 5.91 Å². The van der Waals surface area contributed by atoms with E-state index in [1.165, 1.54) is 6.42 Å². The summed E-state index contributed by atoms with van der Waals surface area (Å²) in [6.45, 7) is 1.30. The van der Waals surface area contributed by atoms with Crippen molar-refractivity contribution >= 4 is 5.91 Å². The number of aromatic hydroxyl groups is 1. The molecule has 1 amide bonds. The molecular formula is C18H25N5O2. The van der Waals surface area contributed by atoms with E-state index >= 15 is 0 Å². The summed E-state index contributed by atoms with van der Waals surface area (Å²) in [5.41, 5.74) is 1.05. The largest absolute Gasteiger partial charge is 0.508 e. The van der Waals surface area contributed by atoms with Crippen LogP contribution in [0, 0.1) is 5.41 Å². The SMILES string of the molecule is O=C(CC1(Cn2cnnn2)CCCCC1)NCCc1ccc(O)cc1. The molecule has 2 aromatic rings. The topological polar surface area (TPSA) is 92.9 Å². The van der Waals surface area contributed by atoms with Gasteiger partial charge < -0.3 is 10.4 Å². The van der Waals surface area contributed by atoms with Crippen LogP contribution in [0.15, 0.2) is 30.6 Å². The van der Waals surface area contributed by atoms with Crippen molar-refractivity contribution in [2.24, 2.45) is 5.41 Å². The van der Waals surface area contributed by atoms with E-state index in [1.54, 1.807) is 23.1 Å². The first-order valence-corrected chi connectivity index (χ1v) is 8.91. The first-order chi connectivity index (χ1) is 12.2. The Hall–Kier alpha value is -2.44. The molecule has 0 spiro atoms. The van der Waals surface area contributed by atoms with E-state index in [0.29, 0.717) is 19.5 Å². The van der Waals surface area contributed by atoms with Gasteiger partial charge in [-0.3, -0.25) is 4.79 Å². The Labute approximate surface area is 147 Å². The number of nitrogens with zero attached hydrogens (tertiary/aromatic N) is 4. The summed E-state index contributed by atoms with van der Waals surface area (Å²) < 4.78 is 1.75. The third-order valence-electron chi connectivity index (χ3n) is 5.01. The minimum Gasteiger partial charge on any atom is -0.508 e. The second-order valence-corrected chi connectivity index (χ2v) is 7.01. The van der Waals surface area contributed by atoms with E-state index in [1.807, 2.05) is 12.1 Å². The number of phenolic OH excluding ortho intramolecular Hbond substituents is 1. The van der Waals surface area contributed by atoms with Crippen LogP contribution in [0.5, 0.6) is 5.75 Å². The monoisotopic (exact) mass is 343 g/mol. The maximum absolute atomic E-state index is 12.5. The molecular weight excluding hydrogens is 318 g/mol. The molecule has 1 aromatic heterocycles. The molecule has 7 heteroatoms. The number of tetrazole rings is 1. The lowest BCUT2D eigenvalue weighted by molar-refractivity contribution is -0.124. The van der Waals surface area contributed by atoms with E-state index in [0.717, 1.165) is 37.7 Å². The fraction of sp³-hybridized carbons (Fsp3) is 0.556. The smallest absolute Gasteiger partial charge is 0.220 e. The zero-order valence-electron chi connectivity index (χ0n) is 14.4. The number of carbonyl (C=O) groups excluding carboxylic acids is 1. The minimum absolute atomic E-state index is 0.0454. The van der Waals surface area contributed by atoms with Gasteiger partial charge in [-0.25, -0.2) is 4.68 Å². The second-order valence-electron chi connectivity index (χ2n) is 7.01. The molecule has 0 aliphatic heterocycles. The van der Waals surface area contributed by atoms with Gasteiger partial charge in [0.25, 0.3) is 0 Å². The predicted molar refractivity (Wildman–Crippen MR) is 92.8 cm³/mol. The van der Waals surface area contributed by atoms with Crippen LogP contribution in [0.4, 0.5) is 0 Å². The number of aromatic nitrogens is 4. The van der Waals surface area contributed by atoms with Gasteiger partial charge in [-0.05, 0) is 52.8 Å². The number of hydrogen-bond acceptors (Lipinski definition) is 5. The first-order valence-electron chi connectivity index (χ1n) is 8.91. The molecule has 0 bridgehead atoms. The molecule has 0 unspecified atom stereocenters. The first kappa shape index (κ1) is 17.4. The minimum atomic E-state index is -0.0454. The highest BCUT2D eigenvalue weighted by atomic mass is 16.3. The fourth-order valence-corrected chi connectivity index (χ4v) is 3.70. The molecule has 1 fully saturated rings. The highest BCUT2D eigenvalue weighted by Crippen LogP contribution is 2.40. The van der Waals surface area contributed by atoms with E-state index in [9.17, 15) is 9.90 Å². The summed E-state index contributed by atoms with van der Waals surface area (Å²) in [5, 5.41) is 23.7. The Bertz CT molecular complexity index is 663. The van der Waals surface area contributed by atoms with Gasteiger partial charge in [-0.15, -0.1) is 5.10 Å². The molecule has 134 valence electrons. The maximum Gasteiger partial charge on any atom is 0.220 e. The van der Waals surface area contributed by atoms with Crippen molar-refractivity contribution in [2.75, 3.05) is 6.54 Å². The number of amides is 1. The Morgan fingerprint density at radius 3 is 2.64 bits per heavy atom. The second kappa shape index (κ2) is 8.09. The van der Waals surface area contributed by atoms with Crippen molar-refractivity contribution in [1.82, 2.24) is 25.5 Å². The summed E-state index contributed by atoms with van der Waals surface area (Å²) >= 11 is 0. The van der Waals surface area contributed by atoms with Gasteiger partial charge in [-0.2, -0.15) is 0 Å². The van der Waals surface area contributed by atoms with E-state index in [2.05, 4.69) is 20.8 Å². The average molecular weight is 343 g/mol. The summed E-state index contributed by atoms with van der Waals surface area (Å²) in [7, 11) is 0. The van der Waals surface area contributed by atoms with Crippen LogP contribution in [0.3, 0.4) is 0 Å². The predicted octanol–water partition coefficient (Wildman–Crippen LogP) is 2.08. The molecule has 0 radical (unpaired) electrons. The Kier molecular flexibility index (Phi) is 5.63. The molecule has 0 atom stereocenters. The maximum atomic E-state index is 12.5. The van der Waals surface area contributed by atoms with Crippen molar-refractivity contribution in [3.63, 3.8) is 0 Å². The molecule has 1 heterocycles. The van der Waals surface area contributed by atoms with Gasteiger partial charge in [-0.1, -0.05) is 31.4 Å². The number of hydrogen-bond donors (Lipinski definition) is 2. The highest BCUT2D eigenvalue weighted by molar-refractivity contribution is 5.76. The normalized spacial score (nSPS) is 16.5. The summed E-state index contributed by atoms with van der Waals surface area (Å²) in [6, 6.07) is 7.09. The van der Waals surface area contributed by atoms with Crippen LogP contribution in [-0.4, -0.2) is 37.8 Å². The summed E-state index contributed by atoms with van der Waals surface area (Å²) in [4.78, 5) is 12.5. The quantitative estimate of drug-likeness (QED) is 0.803. The zero-order valence-corrected chi connectivity index (χ0v) is 14.4. The lowest BCUT2D eigenvalue weighted by Gasteiger charge is -2.36. The molecule has 0 saturated heterocycles. The molecule has 1 aliphatic carbocycles. The number of benzene rings is 1. The van der Waals surface area contributed by atoms with Crippen molar-refractivity contribution in [3.05, 3.63) is 36.2 Å². The molecule has 1 saturated carbocycles. The van der Waals surface area contributed by atoms with E-state index in [-0.39, 0.29) is 17.1 Å². The number of rotatable bonds is 7. The molecule has 1 aliphatic rings. The lowest BCUT2D eigenvalue weighted by atomic mass is 9.71.